The first-order valence-electron chi connectivity index (χ1n) is 8.50. The van der Waals surface area contributed by atoms with Crippen LogP contribution in [0.25, 0.3) is 10.9 Å². The number of benzene rings is 2. The van der Waals surface area contributed by atoms with Crippen molar-refractivity contribution < 1.29 is 19.4 Å². The summed E-state index contributed by atoms with van der Waals surface area (Å²) in [5.74, 6) is -0.696. The molecule has 0 spiro atoms. The highest BCUT2D eigenvalue weighted by Gasteiger charge is 2.15. The Hall–Kier alpha value is -3.03. The van der Waals surface area contributed by atoms with Gasteiger partial charge < -0.3 is 19.7 Å². The molecule has 9 heteroatoms. The number of hydrogen-bond acceptors (Lipinski definition) is 4. The molecule has 2 N–H and O–H groups in total. The lowest BCUT2D eigenvalue weighted by Gasteiger charge is -2.13. The van der Waals surface area contributed by atoms with Crippen molar-refractivity contribution in [1.82, 2.24) is 9.88 Å². The molecule has 0 saturated carbocycles. The van der Waals surface area contributed by atoms with Crippen molar-refractivity contribution >= 4 is 46.2 Å². The standard InChI is InChI=1S/C20H16Cl2N2O5/c1-23-17(25)10-24-9-16(29-20(27)28)19(26)13-8-11(5-6-15(13)24)7-12-3-2-4-14(21)18(12)22/h2-6,8-9H,7,10H2,1H3,(H,23,25)(H,27,28). The van der Waals surface area contributed by atoms with E-state index in [1.807, 2.05) is 6.07 Å². The van der Waals surface area contributed by atoms with Crippen molar-refractivity contribution in [3.8, 4) is 5.75 Å². The number of carbonyl (C=O) groups is 2. The fraction of sp³-hybridized carbons (Fsp3) is 0.150. The number of fused-ring (bicyclic) bond motifs is 1. The molecule has 7 nitrogen and oxygen atoms in total. The molecule has 0 unspecified atom stereocenters. The maximum Gasteiger partial charge on any atom is 0.511 e. The average molecular weight is 435 g/mol. The number of halogens is 2. The second-order valence-electron chi connectivity index (χ2n) is 6.23. The predicted molar refractivity (Wildman–Crippen MR) is 110 cm³/mol. The smallest absolute Gasteiger partial charge is 0.449 e. The molecular weight excluding hydrogens is 419 g/mol. The number of nitrogens with one attached hydrogen (secondary N) is 1. The third-order valence-corrected chi connectivity index (χ3v) is 5.19. The van der Waals surface area contributed by atoms with Crippen LogP contribution < -0.4 is 15.5 Å². The first kappa shape index (κ1) is 20.7. The van der Waals surface area contributed by atoms with Gasteiger partial charge in [-0.25, -0.2) is 4.79 Å². The Morgan fingerprint density at radius 3 is 2.66 bits per heavy atom. The number of carboxylic acid groups (broad SMARTS) is 1. The van der Waals surface area contributed by atoms with Crippen molar-refractivity contribution in [3.05, 3.63) is 74.0 Å². The third-order valence-electron chi connectivity index (χ3n) is 4.33. The lowest BCUT2D eigenvalue weighted by molar-refractivity contribution is -0.121. The molecule has 1 heterocycles. The molecule has 0 aliphatic heterocycles. The molecule has 1 amide bonds. The molecule has 0 atom stereocenters. The number of aromatic nitrogens is 1. The summed E-state index contributed by atoms with van der Waals surface area (Å²) < 4.78 is 6.08. The van der Waals surface area contributed by atoms with E-state index < -0.39 is 11.6 Å². The molecule has 0 fully saturated rings. The first-order chi connectivity index (χ1) is 13.8. The van der Waals surface area contributed by atoms with Gasteiger partial charge in [-0.2, -0.15) is 0 Å². The molecule has 1 aromatic heterocycles. The first-order valence-corrected chi connectivity index (χ1v) is 9.26. The monoisotopic (exact) mass is 434 g/mol. The van der Waals surface area contributed by atoms with E-state index in [-0.39, 0.29) is 23.6 Å². The van der Waals surface area contributed by atoms with Crippen LogP contribution in [0.3, 0.4) is 0 Å². The van der Waals surface area contributed by atoms with Gasteiger partial charge in [0.15, 0.2) is 5.75 Å². The largest absolute Gasteiger partial charge is 0.511 e. The fourth-order valence-corrected chi connectivity index (χ4v) is 3.35. The zero-order chi connectivity index (χ0) is 21.1. The normalized spacial score (nSPS) is 10.7. The predicted octanol–water partition coefficient (Wildman–Crippen LogP) is 3.70. The molecule has 150 valence electrons. The molecule has 0 aliphatic carbocycles. The number of nitrogens with zero attached hydrogens (tertiary/aromatic N) is 1. The van der Waals surface area contributed by atoms with Crippen LogP contribution in [-0.4, -0.2) is 28.8 Å². The summed E-state index contributed by atoms with van der Waals surface area (Å²) in [5, 5.41) is 12.5. The Kier molecular flexibility index (Phi) is 6.10. The topological polar surface area (TPSA) is 97.6 Å². The van der Waals surface area contributed by atoms with Crippen molar-refractivity contribution in [1.29, 1.82) is 0 Å². The number of rotatable bonds is 5. The summed E-state index contributed by atoms with van der Waals surface area (Å²) in [7, 11) is 1.48. The number of pyridine rings is 1. The van der Waals surface area contributed by atoms with Crippen LogP contribution in [0.5, 0.6) is 5.75 Å². The minimum absolute atomic E-state index is 0.108. The number of carbonyl (C=O) groups excluding carboxylic acids is 1. The Bertz CT molecular complexity index is 1170. The second-order valence-corrected chi connectivity index (χ2v) is 7.02. The quantitative estimate of drug-likeness (QED) is 0.596. The van der Waals surface area contributed by atoms with Gasteiger partial charge in [0.1, 0.15) is 6.54 Å². The maximum atomic E-state index is 12.7. The molecule has 0 aliphatic rings. The highest BCUT2D eigenvalue weighted by molar-refractivity contribution is 6.42. The Labute approximate surface area is 175 Å². The number of hydrogen-bond donors (Lipinski definition) is 2. The third kappa shape index (κ3) is 4.52. The van der Waals surface area contributed by atoms with Gasteiger partial charge in [0.2, 0.25) is 11.3 Å². The van der Waals surface area contributed by atoms with Gasteiger partial charge >= 0.3 is 6.16 Å². The highest BCUT2D eigenvalue weighted by atomic mass is 35.5. The molecule has 3 rings (SSSR count). The number of likely N-dealkylation sites (N-methyl/N-ethyl adjacent to an activating group) is 1. The summed E-state index contributed by atoms with van der Waals surface area (Å²) in [6.45, 7) is -0.108. The van der Waals surface area contributed by atoms with Crippen molar-refractivity contribution in [2.24, 2.45) is 0 Å². The molecule has 0 bridgehead atoms. The van der Waals surface area contributed by atoms with E-state index in [1.54, 1.807) is 30.3 Å². The number of amides is 1. The summed E-state index contributed by atoms with van der Waals surface area (Å²) in [6.07, 6.45) is 0.00489. The van der Waals surface area contributed by atoms with Crippen molar-refractivity contribution in [2.75, 3.05) is 7.05 Å². The average Bonchev–Trinajstić information content (AvgIpc) is 2.68. The molecule has 0 radical (unpaired) electrons. The molecule has 2 aromatic carbocycles. The van der Waals surface area contributed by atoms with E-state index >= 15 is 0 Å². The zero-order valence-electron chi connectivity index (χ0n) is 15.2. The fourth-order valence-electron chi connectivity index (χ4n) is 2.96. The summed E-state index contributed by atoms with van der Waals surface area (Å²) >= 11 is 12.3. The van der Waals surface area contributed by atoms with Gasteiger partial charge in [-0.15, -0.1) is 0 Å². The lowest BCUT2D eigenvalue weighted by atomic mass is 10.0. The van der Waals surface area contributed by atoms with Gasteiger partial charge in [-0.05, 0) is 35.7 Å². The van der Waals surface area contributed by atoms with Gasteiger partial charge in [-0.3, -0.25) is 9.59 Å². The van der Waals surface area contributed by atoms with E-state index in [2.05, 4.69) is 10.1 Å². The van der Waals surface area contributed by atoms with Crippen molar-refractivity contribution in [3.63, 3.8) is 0 Å². The summed E-state index contributed by atoms with van der Waals surface area (Å²) in [5.41, 5.74) is 1.42. The van der Waals surface area contributed by atoms with Crippen LogP contribution >= 0.6 is 23.2 Å². The molecule has 3 aromatic rings. The molecule has 0 saturated heterocycles. The van der Waals surface area contributed by atoms with Crippen LogP contribution in [0.2, 0.25) is 10.0 Å². The van der Waals surface area contributed by atoms with Gasteiger partial charge in [0, 0.05) is 12.4 Å². The van der Waals surface area contributed by atoms with Crippen LogP contribution in [0.4, 0.5) is 4.79 Å². The molecular formula is C20H16Cl2N2O5. The lowest BCUT2D eigenvalue weighted by Crippen LogP contribution is -2.25. The van der Waals surface area contributed by atoms with Gasteiger partial charge in [0.05, 0.1) is 21.8 Å². The van der Waals surface area contributed by atoms with Crippen LogP contribution in [0.15, 0.2) is 47.4 Å². The van der Waals surface area contributed by atoms with E-state index in [1.165, 1.54) is 17.8 Å². The van der Waals surface area contributed by atoms with Crippen LogP contribution in [-0.2, 0) is 17.8 Å². The van der Waals surface area contributed by atoms with E-state index in [0.29, 0.717) is 22.0 Å². The SMILES string of the molecule is CNC(=O)Cn1cc(OC(=O)O)c(=O)c2cc(Cc3cccc(Cl)c3Cl)ccc21. The summed E-state index contributed by atoms with van der Waals surface area (Å²) in [6, 6.07) is 10.4. The second kappa shape index (κ2) is 8.55. The van der Waals surface area contributed by atoms with E-state index in [0.717, 1.165) is 11.1 Å². The zero-order valence-corrected chi connectivity index (χ0v) is 16.8. The van der Waals surface area contributed by atoms with Crippen LogP contribution in [0, 0.1) is 0 Å². The Balaban J connectivity index is 2.13. The molecule has 29 heavy (non-hydrogen) atoms. The highest BCUT2D eigenvalue weighted by Crippen LogP contribution is 2.28. The van der Waals surface area contributed by atoms with E-state index in [4.69, 9.17) is 28.3 Å². The van der Waals surface area contributed by atoms with Gasteiger partial charge in [-0.1, -0.05) is 41.4 Å². The minimum Gasteiger partial charge on any atom is -0.449 e. The maximum absolute atomic E-state index is 12.7. The number of ether oxygens (including phenoxy) is 1. The van der Waals surface area contributed by atoms with Crippen molar-refractivity contribution in [2.45, 2.75) is 13.0 Å². The summed E-state index contributed by atoms with van der Waals surface area (Å²) in [4.78, 5) is 35.5. The van der Waals surface area contributed by atoms with Crippen LogP contribution in [0.1, 0.15) is 11.1 Å². The minimum atomic E-state index is -1.62. The van der Waals surface area contributed by atoms with Gasteiger partial charge in [0.25, 0.3) is 0 Å². The Morgan fingerprint density at radius 2 is 1.97 bits per heavy atom. The Morgan fingerprint density at radius 1 is 1.21 bits per heavy atom. The van der Waals surface area contributed by atoms with E-state index in [9.17, 15) is 14.4 Å².